The fourth-order valence-corrected chi connectivity index (χ4v) is 3.01. The van der Waals surface area contributed by atoms with Crippen LogP contribution in [0.4, 0.5) is 0 Å². The van der Waals surface area contributed by atoms with Gasteiger partial charge in [-0.15, -0.1) is 0 Å². The molecule has 1 saturated heterocycles. The van der Waals surface area contributed by atoms with E-state index < -0.39 is 0 Å². The van der Waals surface area contributed by atoms with E-state index in [1.54, 1.807) is 14.2 Å². The lowest BCUT2D eigenvalue weighted by atomic mass is 10.2. The van der Waals surface area contributed by atoms with E-state index >= 15 is 0 Å². The lowest BCUT2D eigenvalue weighted by molar-refractivity contribution is 0.357. The summed E-state index contributed by atoms with van der Waals surface area (Å²) in [7, 11) is 3.22. The highest BCUT2D eigenvalue weighted by Gasteiger charge is 2.18. The van der Waals surface area contributed by atoms with Crippen molar-refractivity contribution in [2.45, 2.75) is 19.0 Å². The van der Waals surface area contributed by atoms with Crippen LogP contribution in [0.3, 0.4) is 0 Å². The average Bonchev–Trinajstić information content (AvgIpc) is 2.88. The maximum absolute atomic E-state index is 5.23. The summed E-state index contributed by atoms with van der Waals surface area (Å²) in [6.07, 6.45) is 2.66. The molecule has 17 heavy (non-hydrogen) atoms. The van der Waals surface area contributed by atoms with Crippen LogP contribution in [0.1, 0.15) is 12.0 Å². The second-order valence-electron chi connectivity index (χ2n) is 3.81. The number of nitrogens with zero attached hydrogens (tertiary/aromatic N) is 2. The molecule has 0 saturated carbocycles. The van der Waals surface area contributed by atoms with Gasteiger partial charge in [0.1, 0.15) is 6.33 Å². The van der Waals surface area contributed by atoms with Gasteiger partial charge in [-0.25, -0.2) is 9.97 Å². The summed E-state index contributed by atoms with van der Waals surface area (Å²) in [5, 5.41) is 3.49. The van der Waals surface area contributed by atoms with Crippen molar-refractivity contribution < 1.29 is 9.47 Å². The number of thioether (sulfide) groups is 1. The summed E-state index contributed by atoms with van der Waals surface area (Å²) in [4.78, 5) is 8.18. The van der Waals surface area contributed by atoms with E-state index in [9.17, 15) is 0 Å². The number of rotatable bonds is 5. The van der Waals surface area contributed by atoms with Gasteiger partial charge in [0.05, 0.1) is 19.8 Å². The molecular weight excluding hydrogens is 238 g/mol. The topological polar surface area (TPSA) is 56.3 Å². The van der Waals surface area contributed by atoms with Crippen LogP contribution in [0.5, 0.6) is 11.8 Å². The number of nitrogens with one attached hydrogen (secondary N) is 1. The van der Waals surface area contributed by atoms with Gasteiger partial charge in [0, 0.05) is 18.3 Å². The second-order valence-corrected chi connectivity index (χ2v) is 4.96. The third kappa shape index (κ3) is 3.01. The van der Waals surface area contributed by atoms with Crippen molar-refractivity contribution in [1.29, 1.82) is 0 Å². The summed E-state index contributed by atoms with van der Waals surface area (Å²) in [5.74, 6) is 3.56. The van der Waals surface area contributed by atoms with Crippen LogP contribution in [0.25, 0.3) is 0 Å². The van der Waals surface area contributed by atoms with Gasteiger partial charge < -0.3 is 14.8 Å². The molecule has 1 aliphatic rings. The van der Waals surface area contributed by atoms with Crippen LogP contribution < -0.4 is 14.8 Å². The molecule has 0 bridgehead atoms. The average molecular weight is 255 g/mol. The Balaban J connectivity index is 2.06. The maximum Gasteiger partial charge on any atom is 0.224 e. The summed E-state index contributed by atoms with van der Waals surface area (Å²) >= 11 is 1.98. The SMILES string of the molecule is COc1ncnc(OC)c1CNC1CCSC1. The monoisotopic (exact) mass is 255 g/mol. The van der Waals surface area contributed by atoms with E-state index in [4.69, 9.17) is 9.47 Å². The maximum atomic E-state index is 5.23. The molecule has 6 heteroatoms. The first-order chi connectivity index (χ1) is 8.35. The van der Waals surface area contributed by atoms with Crippen molar-refractivity contribution in [2.75, 3.05) is 25.7 Å². The zero-order valence-corrected chi connectivity index (χ0v) is 10.9. The minimum atomic E-state index is 0.564. The molecule has 1 aromatic rings. The first kappa shape index (κ1) is 12.4. The van der Waals surface area contributed by atoms with Crippen molar-refractivity contribution in [3.8, 4) is 11.8 Å². The van der Waals surface area contributed by atoms with Crippen LogP contribution in [0.2, 0.25) is 0 Å². The highest BCUT2D eigenvalue weighted by molar-refractivity contribution is 7.99. The van der Waals surface area contributed by atoms with E-state index in [1.165, 1.54) is 24.3 Å². The molecule has 1 atom stereocenters. The molecule has 1 unspecified atom stereocenters. The van der Waals surface area contributed by atoms with E-state index in [0.29, 0.717) is 24.3 Å². The van der Waals surface area contributed by atoms with Crippen molar-refractivity contribution in [3.63, 3.8) is 0 Å². The Kier molecular flexibility index (Phi) is 4.44. The second kappa shape index (κ2) is 6.07. The third-order valence-corrected chi connectivity index (χ3v) is 3.91. The highest BCUT2D eigenvalue weighted by Crippen LogP contribution is 2.24. The number of hydrogen-bond donors (Lipinski definition) is 1. The summed E-state index contributed by atoms with van der Waals surface area (Å²) in [6.45, 7) is 0.679. The molecule has 1 aliphatic heterocycles. The molecule has 1 fully saturated rings. The van der Waals surface area contributed by atoms with Gasteiger partial charge >= 0.3 is 0 Å². The quantitative estimate of drug-likeness (QED) is 0.850. The Morgan fingerprint density at radius 3 is 2.59 bits per heavy atom. The van der Waals surface area contributed by atoms with E-state index in [-0.39, 0.29) is 0 Å². The third-order valence-electron chi connectivity index (χ3n) is 2.75. The fraction of sp³-hybridized carbons (Fsp3) is 0.636. The molecule has 0 spiro atoms. The minimum Gasteiger partial charge on any atom is -0.481 e. The minimum absolute atomic E-state index is 0.564. The predicted molar refractivity (Wildman–Crippen MR) is 67.7 cm³/mol. The molecule has 5 nitrogen and oxygen atoms in total. The van der Waals surface area contributed by atoms with Crippen LogP contribution in [-0.4, -0.2) is 41.7 Å². The molecule has 0 amide bonds. The van der Waals surface area contributed by atoms with Crippen molar-refractivity contribution in [3.05, 3.63) is 11.9 Å². The molecule has 0 aromatic carbocycles. The van der Waals surface area contributed by atoms with Gasteiger partial charge in [-0.3, -0.25) is 0 Å². The Morgan fingerprint density at radius 2 is 2.06 bits per heavy atom. The molecular formula is C11H17N3O2S. The van der Waals surface area contributed by atoms with E-state index in [0.717, 1.165) is 5.56 Å². The first-order valence-corrected chi connectivity index (χ1v) is 6.73. The van der Waals surface area contributed by atoms with Gasteiger partial charge in [0.15, 0.2) is 0 Å². The van der Waals surface area contributed by atoms with Gasteiger partial charge in [-0.1, -0.05) is 0 Å². The molecule has 0 radical (unpaired) electrons. The largest absolute Gasteiger partial charge is 0.481 e. The number of aromatic nitrogens is 2. The predicted octanol–water partition coefficient (Wildman–Crippen LogP) is 1.09. The molecule has 1 aromatic heterocycles. The lowest BCUT2D eigenvalue weighted by Crippen LogP contribution is -2.28. The van der Waals surface area contributed by atoms with Crippen LogP contribution >= 0.6 is 11.8 Å². The lowest BCUT2D eigenvalue weighted by Gasteiger charge is -2.14. The fourth-order valence-electron chi connectivity index (χ4n) is 1.83. The van der Waals surface area contributed by atoms with E-state index in [1.807, 2.05) is 11.8 Å². The Hall–Kier alpha value is -1.01. The van der Waals surface area contributed by atoms with Gasteiger partial charge in [-0.2, -0.15) is 11.8 Å². The molecule has 94 valence electrons. The zero-order valence-electron chi connectivity index (χ0n) is 10.1. The molecule has 2 rings (SSSR count). The van der Waals surface area contributed by atoms with Gasteiger partial charge in [-0.05, 0) is 12.2 Å². The normalized spacial score (nSPS) is 19.3. The first-order valence-electron chi connectivity index (χ1n) is 5.58. The Labute approximate surface area is 105 Å². The summed E-state index contributed by atoms with van der Waals surface area (Å²) < 4.78 is 10.5. The number of hydrogen-bond acceptors (Lipinski definition) is 6. The van der Waals surface area contributed by atoms with E-state index in [2.05, 4.69) is 15.3 Å². The number of ether oxygens (including phenoxy) is 2. The zero-order chi connectivity index (χ0) is 12.1. The molecule has 0 aliphatic carbocycles. The van der Waals surface area contributed by atoms with Crippen molar-refractivity contribution >= 4 is 11.8 Å². The van der Waals surface area contributed by atoms with Crippen molar-refractivity contribution in [2.24, 2.45) is 0 Å². The smallest absolute Gasteiger partial charge is 0.224 e. The van der Waals surface area contributed by atoms with Crippen LogP contribution in [-0.2, 0) is 6.54 Å². The summed E-state index contributed by atoms with van der Waals surface area (Å²) in [6, 6.07) is 0.564. The molecule has 2 heterocycles. The highest BCUT2D eigenvalue weighted by atomic mass is 32.2. The number of methoxy groups -OCH3 is 2. The van der Waals surface area contributed by atoms with Crippen molar-refractivity contribution in [1.82, 2.24) is 15.3 Å². The van der Waals surface area contributed by atoms with Crippen LogP contribution in [0, 0.1) is 0 Å². The standard InChI is InChI=1S/C11H17N3O2S/c1-15-10-9(11(16-2)14-7-13-10)5-12-8-3-4-17-6-8/h7-8,12H,3-6H2,1-2H3. The summed E-state index contributed by atoms with van der Waals surface area (Å²) in [5.41, 5.74) is 0.884. The Morgan fingerprint density at radius 1 is 1.35 bits per heavy atom. The van der Waals surface area contributed by atoms with Crippen LogP contribution in [0.15, 0.2) is 6.33 Å². The van der Waals surface area contributed by atoms with Gasteiger partial charge in [0.2, 0.25) is 11.8 Å². The molecule has 1 N–H and O–H groups in total. The van der Waals surface area contributed by atoms with Gasteiger partial charge in [0.25, 0.3) is 0 Å². The Bertz CT molecular complexity index is 347.